The first-order chi connectivity index (χ1) is 26.4. The van der Waals surface area contributed by atoms with Gasteiger partial charge in [0.15, 0.2) is 0 Å². The molecule has 6 rings (SSSR count). The number of nitrogens with one attached hydrogen (secondary N) is 3. The number of aromatic nitrogens is 3. The maximum absolute atomic E-state index is 13.7. The molecule has 4 heterocycles. The van der Waals surface area contributed by atoms with Crippen molar-refractivity contribution in [3.8, 4) is 34.2 Å². The molecule has 54 heavy (non-hydrogen) atoms. The Balaban J connectivity index is 1.18. The molecule has 0 spiro atoms. The third-order valence-electron chi connectivity index (χ3n) is 9.42. The van der Waals surface area contributed by atoms with Crippen molar-refractivity contribution in [3.05, 3.63) is 108 Å². The highest BCUT2D eigenvalue weighted by Crippen LogP contribution is 2.33. The molecule has 1 unspecified atom stereocenters. The van der Waals surface area contributed by atoms with Gasteiger partial charge in [-0.3, -0.25) is 19.4 Å². The van der Waals surface area contributed by atoms with E-state index < -0.39 is 18.2 Å². The summed E-state index contributed by atoms with van der Waals surface area (Å²) in [5, 5.41) is 5.10. The number of hydrogen-bond donors (Lipinski definition) is 4. The van der Waals surface area contributed by atoms with Gasteiger partial charge in [-0.25, -0.2) is 14.8 Å². The van der Waals surface area contributed by atoms with Gasteiger partial charge in [0.2, 0.25) is 12.3 Å². The number of nitrogens with two attached hydrogens (primary N) is 1. The first-order valence-corrected chi connectivity index (χ1v) is 17.6. The van der Waals surface area contributed by atoms with Gasteiger partial charge in [0.05, 0.1) is 37.6 Å². The van der Waals surface area contributed by atoms with Crippen LogP contribution in [0.3, 0.4) is 0 Å². The van der Waals surface area contributed by atoms with E-state index in [0.717, 1.165) is 47.2 Å². The van der Waals surface area contributed by atoms with E-state index in [-0.39, 0.29) is 30.2 Å². The number of allylic oxidation sites excluding steroid dienone is 1. The Morgan fingerprint density at radius 3 is 2.65 bits per heavy atom. The van der Waals surface area contributed by atoms with Crippen molar-refractivity contribution in [1.82, 2.24) is 35.4 Å². The molecule has 14 nitrogen and oxygen atoms in total. The van der Waals surface area contributed by atoms with Gasteiger partial charge in [0.25, 0.3) is 5.91 Å². The van der Waals surface area contributed by atoms with Crippen LogP contribution in [0.15, 0.2) is 96.5 Å². The Labute approximate surface area is 312 Å². The molecule has 4 aromatic rings. The van der Waals surface area contributed by atoms with Crippen LogP contribution >= 0.6 is 0 Å². The number of likely N-dealkylation sites (tertiary alicyclic amines) is 2. The second-order valence-electron chi connectivity index (χ2n) is 12.7. The smallest absolute Gasteiger partial charge is 0.407 e. The standard InChI is InChI=1S/C40H41N9O5/c1-54-40(53)47-36(28-11-3-2-4-12-28)39(52)49-21-8-14-33(49)37(41)44-19-6-5-10-27-16-17-29(22-31(27)30-13-7-18-42-23-30)32-24-45-38(46-32)34-15-9-20-48(34)35(51)25-43-26-50/h2-4,6-7,11-13,16-19,22-24,26,33-34,36H,8-9,14-15,20-21,25H2,1H3,(H2,41,44)(H,43,50)(H,45,46)(H,47,53)/b19-6+/t33?,34-,36+/m0/s1. The van der Waals surface area contributed by atoms with Gasteiger partial charge in [-0.15, -0.1) is 0 Å². The zero-order valence-corrected chi connectivity index (χ0v) is 29.8. The molecule has 0 aliphatic carbocycles. The summed E-state index contributed by atoms with van der Waals surface area (Å²) in [6, 6.07) is 17.1. The highest BCUT2D eigenvalue weighted by Gasteiger charge is 2.36. The number of methoxy groups -OCH3 is 1. The number of carbonyl (C=O) groups excluding carboxylic acids is 4. The minimum absolute atomic E-state index is 0.0488. The van der Waals surface area contributed by atoms with Crippen LogP contribution in [0, 0.1) is 11.8 Å². The average Bonchev–Trinajstić information content (AvgIpc) is 4.01. The number of ether oxygens (including phenoxy) is 1. The summed E-state index contributed by atoms with van der Waals surface area (Å²) in [6.45, 7) is 1.03. The lowest BCUT2D eigenvalue weighted by Gasteiger charge is -2.29. The minimum Gasteiger partial charge on any atom is -0.453 e. The van der Waals surface area contributed by atoms with Gasteiger partial charge in [0, 0.05) is 54.4 Å². The summed E-state index contributed by atoms with van der Waals surface area (Å²) in [5.74, 6) is 6.78. The molecule has 2 saturated heterocycles. The zero-order chi connectivity index (χ0) is 37.9. The Morgan fingerprint density at radius 1 is 1.06 bits per heavy atom. The molecule has 3 atom stereocenters. The Bertz CT molecular complexity index is 2090. The highest BCUT2D eigenvalue weighted by molar-refractivity contribution is 5.94. The minimum atomic E-state index is -0.935. The number of aliphatic imine (C=N–C) groups is 1. The van der Waals surface area contributed by atoms with Crippen LogP contribution in [-0.2, 0) is 19.1 Å². The molecule has 14 heteroatoms. The fourth-order valence-corrected chi connectivity index (χ4v) is 6.79. The number of nitrogens with zero attached hydrogens (tertiary/aromatic N) is 5. The van der Waals surface area contributed by atoms with E-state index in [1.165, 1.54) is 13.3 Å². The number of rotatable bonds is 11. The molecular formula is C40H41N9O5. The second kappa shape index (κ2) is 17.6. The number of hydrogen-bond acceptors (Lipinski definition) is 8. The fourth-order valence-electron chi connectivity index (χ4n) is 6.79. The van der Waals surface area contributed by atoms with Crippen LogP contribution in [0.2, 0.25) is 0 Å². The van der Waals surface area contributed by atoms with Crippen molar-refractivity contribution in [1.29, 1.82) is 0 Å². The van der Waals surface area contributed by atoms with Crippen molar-refractivity contribution in [2.24, 2.45) is 10.7 Å². The predicted octanol–water partition coefficient (Wildman–Crippen LogP) is 3.86. The van der Waals surface area contributed by atoms with Crippen LogP contribution in [0.25, 0.3) is 22.4 Å². The fraction of sp³-hybridized carbons (Fsp3) is 0.275. The zero-order valence-electron chi connectivity index (χ0n) is 29.8. The van der Waals surface area contributed by atoms with Crippen LogP contribution in [0.5, 0.6) is 0 Å². The lowest BCUT2D eigenvalue weighted by atomic mass is 9.97. The van der Waals surface area contributed by atoms with E-state index in [4.69, 9.17) is 10.5 Å². The summed E-state index contributed by atoms with van der Waals surface area (Å²) < 4.78 is 4.77. The molecule has 4 amide bonds. The number of carbonyl (C=O) groups is 4. The van der Waals surface area contributed by atoms with Crippen LogP contribution in [0.1, 0.15) is 54.7 Å². The third kappa shape index (κ3) is 8.64. The van der Waals surface area contributed by atoms with Gasteiger partial charge in [-0.1, -0.05) is 54.3 Å². The third-order valence-corrected chi connectivity index (χ3v) is 9.42. The number of imidazole rings is 1. The molecule has 0 saturated carbocycles. The van der Waals surface area contributed by atoms with E-state index in [2.05, 4.69) is 42.4 Å². The second-order valence-corrected chi connectivity index (χ2v) is 12.7. The first kappa shape index (κ1) is 37.0. The summed E-state index contributed by atoms with van der Waals surface area (Å²) >= 11 is 0. The summed E-state index contributed by atoms with van der Waals surface area (Å²) in [6.07, 6.45) is 11.2. The molecule has 276 valence electrons. The normalized spacial score (nSPS) is 17.5. The monoisotopic (exact) mass is 727 g/mol. The Hall–Kier alpha value is -6.75. The average molecular weight is 728 g/mol. The molecule has 2 fully saturated rings. The van der Waals surface area contributed by atoms with Crippen LogP contribution in [-0.4, -0.2) is 87.7 Å². The number of aromatic amines is 1. The summed E-state index contributed by atoms with van der Waals surface area (Å²) in [7, 11) is 1.25. The maximum atomic E-state index is 13.7. The Kier molecular flexibility index (Phi) is 12.1. The number of H-pyrrole nitrogens is 1. The molecule has 2 aromatic carbocycles. The van der Waals surface area contributed by atoms with Crippen molar-refractivity contribution in [2.75, 3.05) is 26.7 Å². The van der Waals surface area contributed by atoms with E-state index in [1.54, 1.807) is 58.7 Å². The molecular weight excluding hydrogens is 686 g/mol. The number of alkyl carbamates (subject to hydrolysis) is 1. The number of amides is 4. The highest BCUT2D eigenvalue weighted by atomic mass is 16.5. The quantitative estimate of drug-likeness (QED) is 0.0776. The van der Waals surface area contributed by atoms with E-state index in [1.807, 2.05) is 36.4 Å². The van der Waals surface area contributed by atoms with Gasteiger partial charge in [-0.2, -0.15) is 0 Å². The molecule has 2 aliphatic rings. The van der Waals surface area contributed by atoms with E-state index >= 15 is 0 Å². The summed E-state index contributed by atoms with van der Waals surface area (Å²) in [5.41, 5.74) is 11.2. The van der Waals surface area contributed by atoms with Gasteiger partial charge in [0.1, 0.15) is 17.7 Å². The SMILES string of the molecule is COC(=O)N[C@@H](C(=O)N1CCCC1C(N)=N/C=C/C#Cc1ccc(-c2cnc([C@@H]3CCCN3C(=O)CNC=O)[nH]2)cc1-c1cccnc1)c1ccccc1. The van der Waals surface area contributed by atoms with Crippen molar-refractivity contribution in [2.45, 2.75) is 43.8 Å². The molecule has 2 aliphatic heterocycles. The van der Waals surface area contributed by atoms with Crippen LogP contribution in [0.4, 0.5) is 4.79 Å². The molecule has 2 aromatic heterocycles. The number of amidine groups is 1. The largest absolute Gasteiger partial charge is 0.453 e. The number of pyridine rings is 1. The van der Waals surface area contributed by atoms with Gasteiger partial charge in [-0.05, 0) is 55.0 Å². The predicted molar refractivity (Wildman–Crippen MR) is 202 cm³/mol. The molecule has 5 N–H and O–H groups in total. The van der Waals surface area contributed by atoms with Crippen molar-refractivity contribution >= 4 is 30.2 Å². The van der Waals surface area contributed by atoms with Crippen molar-refractivity contribution in [3.63, 3.8) is 0 Å². The van der Waals surface area contributed by atoms with Crippen molar-refractivity contribution < 1.29 is 23.9 Å². The lowest BCUT2D eigenvalue weighted by molar-refractivity contribution is -0.133. The van der Waals surface area contributed by atoms with E-state index in [9.17, 15) is 19.2 Å². The van der Waals surface area contributed by atoms with Gasteiger partial charge < -0.3 is 35.9 Å². The molecule has 0 bridgehead atoms. The lowest BCUT2D eigenvalue weighted by Crippen LogP contribution is -2.49. The number of benzene rings is 2. The first-order valence-electron chi connectivity index (χ1n) is 17.6. The van der Waals surface area contributed by atoms with Gasteiger partial charge >= 0.3 is 6.09 Å². The topological polar surface area (TPSA) is 188 Å². The molecule has 0 radical (unpaired) electrons. The Morgan fingerprint density at radius 2 is 1.87 bits per heavy atom. The maximum Gasteiger partial charge on any atom is 0.407 e. The van der Waals surface area contributed by atoms with Crippen LogP contribution < -0.4 is 16.4 Å². The summed E-state index contributed by atoms with van der Waals surface area (Å²) in [4.78, 5) is 69.3. The van der Waals surface area contributed by atoms with E-state index in [0.29, 0.717) is 37.3 Å².